The van der Waals surface area contributed by atoms with Crippen LogP contribution in [0.15, 0.2) is 23.2 Å². The molecule has 0 spiro atoms. The minimum absolute atomic E-state index is 0.255. The largest absolute Gasteiger partial charge is 0.377 e. The maximum atomic E-state index is 13.3. The van der Waals surface area contributed by atoms with Crippen molar-refractivity contribution in [2.75, 3.05) is 0 Å². The van der Waals surface area contributed by atoms with Gasteiger partial charge in [-0.3, -0.25) is 4.79 Å². The SMILES string of the molecule is CC1=C(F)C=C(NC(CCC=O)C(N)=O)CC1. The average Bonchev–Trinajstić information content (AvgIpc) is 2.28. The van der Waals surface area contributed by atoms with Crippen LogP contribution in [-0.4, -0.2) is 18.2 Å². The van der Waals surface area contributed by atoms with Crippen molar-refractivity contribution in [3.05, 3.63) is 23.2 Å². The summed E-state index contributed by atoms with van der Waals surface area (Å²) in [6, 6.07) is -0.613. The van der Waals surface area contributed by atoms with E-state index in [1.165, 1.54) is 6.08 Å². The number of aldehydes is 1. The Hall–Kier alpha value is -1.65. The molecule has 17 heavy (non-hydrogen) atoms. The van der Waals surface area contributed by atoms with Crippen molar-refractivity contribution in [3.63, 3.8) is 0 Å². The van der Waals surface area contributed by atoms with Crippen molar-refractivity contribution >= 4 is 12.2 Å². The number of nitrogens with two attached hydrogens (primary N) is 1. The lowest BCUT2D eigenvalue weighted by Gasteiger charge is -2.21. The highest BCUT2D eigenvalue weighted by molar-refractivity contribution is 5.80. The van der Waals surface area contributed by atoms with E-state index in [-0.39, 0.29) is 12.2 Å². The van der Waals surface area contributed by atoms with Gasteiger partial charge in [-0.05, 0) is 37.8 Å². The van der Waals surface area contributed by atoms with Crippen LogP contribution in [0.2, 0.25) is 0 Å². The Kier molecular flexibility index (Phi) is 4.87. The molecule has 0 radical (unpaired) electrons. The first-order chi connectivity index (χ1) is 8.04. The number of amides is 1. The van der Waals surface area contributed by atoms with Gasteiger partial charge in [0.25, 0.3) is 0 Å². The second kappa shape index (κ2) is 6.18. The number of primary amides is 1. The fraction of sp³-hybridized carbons (Fsp3) is 0.500. The fourth-order valence-electron chi connectivity index (χ4n) is 1.65. The Labute approximate surface area is 99.7 Å². The Morgan fingerprint density at radius 2 is 2.35 bits per heavy atom. The van der Waals surface area contributed by atoms with Gasteiger partial charge < -0.3 is 15.8 Å². The molecule has 3 N–H and O–H groups in total. The monoisotopic (exact) mass is 240 g/mol. The van der Waals surface area contributed by atoms with Crippen molar-refractivity contribution < 1.29 is 14.0 Å². The van der Waals surface area contributed by atoms with E-state index >= 15 is 0 Å². The van der Waals surface area contributed by atoms with Gasteiger partial charge in [0.05, 0.1) is 0 Å². The number of carbonyl (C=O) groups is 2. The summed E-state index contributed by atoms with van der Waals surface area (Å²) < 4.78 is 13.3. The van der Waals surface area contributed by atoms with Gasteiger partial charge in [-0.25, -0.2) is 4.39 Å². The van der Waals surface area contributed by atoms with E-state index < -0.39 is 11.9 Å². The van der Waals surface area contributed by atoms with Gasteiger partial charge in [0.2, 0.25) is 5.91 Å². The molecule has 1 aliphatic carbocycles. The molecular formula is C12H17FN2O2. The fourth-order valence-corrected chi connectivity index (χ4v) is 1.65. The van der Waals surface area contributed by atoms with Gasteiger partial charge in [-0.1, -0.05) is 0 Å². The molecule has 4 nitrogen and oxygen atoms in total. The number of hydrogen-bond donors (Lipinski definition) is 2. The lowest BCUT2D eigenvalue weighted by molar-refractivity contribution is -0.120. The van der Waals surface area contributed by atoms with Crippen LogP contribution in [0.25, 0.3) is 0 Å². The van der Waals surface area contributed by atoms with Crippen LogP contribution in [0.4, 0.5) is 4.39 Å². The van der Waals surface area contributed by atoms with Gasteiger partial charge >= 0.3 is 0 Å². The molecular weight excluding hydrogens is 223 g/mol. The van der Waals surface area contributed by atoms with Gasteiger partial charge in [0.15, 0.2) is 0 Å². The van der Waals surface area contributed by atoms with E-state index in [1.54, 1.807) is 6.92 Å². The molecule has 0 aliphatic heterocycles. The second-order valence-electron chi connectivity index (χ2n) is 4.14. The highest BCUT2D eigenvalue weighted by Crippen LogP contribution is 2.23. The normalized spacial score (nSPS) is 17.4. The third-order valence-corrected chi connectivity index (χ3v) is 2.75. The minimum Gasteiger partial charge on any atom is -0.377 e. The van der Waals surface area contributed by atoms with Crippen LogP contribution in [-0.2, 0) is 9.59 Å². The van der Waals surface area contributed by atoms with Crippen molar-refractivity contribution in [3.8, 4) is 0 Å². The first-order valence-electron chi connectivity index (χ1n) is 5.60. The molecule has 0 heterocycles. The number of rotatable bonds is 6. The molecule has 0 aromatic heterocycles. The first-order valence-corrected chi connectivity index (χ1v) is 5.60. The van der Waals surface area contributed by atoms with Gasteiger partial charge in [-0.15, -0.1) is 0 Å². The number of halogens is 1. The first kappa shape index (κ1) is 13.4. The van der Waals surface area contributed by atoms with Crippen LogP contribution in [0.5, 0.6) is 0 Å². The maximum Gasteiger partial charge on any atom is 0.239 e. The highest BCUT2D eigenvalue weighted by Gasteiger charge is 2.18. The lowest BCUT2D eigenvalue weighted by Crippen LogP contribution is -2.41. The van der Waals surface area contributed by atoms with Crippen molar-refractivity contribution in [1.29, 1.82) is 0 Å². The van der Waals surface area contributed by atoms with Gasteiger partial charge in [0.1, 0.15) is 18.2 Å². The predicted molar refractivity (Wildman–Crippen MR) is 62.5 cm³/mol. The Bertz CT molecular complexity index is 375. The molecule has 1 atom stereocenters. The van der Waals surface area contributed by atoms with Crippen molar-refractivity contribution in [2.45, 2.75) is 38.6 Å². The van der Waals surface area contributed by atoms with E-state index in [1.807, 2.05) is 0 Å². The molecule has 0 saturated heterocycles. The summed E-state index contributed by atoms with van der Waals surface area (Å²) in [5, 5.41) is 2.89. The zero-order chi connectivity index (χ0) is 12.8. The van der Waals surface area contributed by atoms with Gasteiger partial charge in [-0.2, -0.15) is 0 Å². The van der Waals surface area contributed by atoms with Crippen LogP contribution in [0.1, 0.15) is 32.6 Å². The summed E-state index contributed by atoms with van der Waals surface area (Å²) in [6.45, 7) is 1.74. The van der Waals surface area contributed by atoms with Crippen molar-refractivity contribution in [2.24, 2.45) is 5.73 Å². The van der Waals surface area contributed by atoms with Crippen LogP contribution in [0, 0.1) is 0 Å². The average molecular weight is 240 g/mol. The number of nitrogens with one attached hydrogen (secondary N) is 1. The molecule has 5 heteroatoms. The standard InChI is InChI=1S/C12H17FN2O2/c1-8-4-5-9(7-10(8)13)15-11(12(14)17)3-2-6-16/h6-7,11,15H,2-5H2,1H3,(H2,14,17). The van der Waals surface area contributed by atoms with E-state index in [0.29, 0.717) is 30.5 Å². The Morgan fingerprint density at radius 3 is 2.88 bits per heavy atom. The van der Waals surface area contributed by atoms with E-state index in [2.05, 4.69) is 5.32 Å². The van der Waals surface area contributed by atoms with Crippen LogP contribution < -0.4 is 11.1 Å². The lowest BCUT2D eigenvalue weighted by atomic mass is 10.0. The topological polar surface area (TPSA) is 72.2 Å². The molecule has 0 bridgehead atoms. The third kappa shape index (κ3) is 4.01. The van der Waals surface area contributed by atoms with E-state index in [9.17, 15) is 14.0 Å². The van der Waals surface area contributed by atoms with Crippen LogP contribution >= 0.6 is 0 Å². The summed E-state index contributed by atoms with van der Waals surface area (Å²) in [4.78, 5) is 21.4. The third-order valence-electron chi connectivity index (χ3n) is 2.75. The van der Waals surface area contributed by atoms with E-state index in [0.717, 1.165) is 6.29 Å². The predicted octanol–water partition coefficient (Wildman–Crippen LogP) is 1.33. The number of hydrogen-bond acceptors (Lipinski definition) is 3. The molecule has 1 rings (SSSR count). The molecule has 1 unspecified atom stereocenters. The van der Waals surface area contributed by atoms with E-state index in [4.69, 9.17) is 5.73 Å². The zero-order valence-corrected chi connectivity index (χ0v) is 9.83. The van der Waals surface area contributed by atoms with Crippen molar-refractivity contribution in [1.82, 2.24) is 5.32 Å². The second-order valence-corrected chi connectivity index (χ2v) is 4.14. The summed E-state index contributed by atoms with van der Waals surface area (Å²) in [6.07, 6.45) is 3.99. The molecule has 94 valence electrons. The number of allylic oxidation sites excluding steroid dienone is 4. The summed E-state index contributed by atoms with van der Waals surface area (Å²) in [7, 11) is 0. The summed E-state index contributed by atoms with van der Waals surface area (Å²) >= 11 is 0. The molecule has 1 aliphatic rings. The quantitative estimate of drug-likeness (QED) is 0.688. The highest BCUT2D eigenvalue weighted by atomic mass is 19.1. The minimum atomic E-state index is -0.613. The Morgan fingerprint density at radius 1 is 1.65 bits per heavy atom. The van der Waals surface area contributed by atoms with Crippen LogP contribution in [0.3, 0.4) is 0 Å². The molecule has 0 saturated carbocycles. The molecule has 1 amide bonds. The smallest absolute Gasteiger partial charge is 0.239 e. The summed E-state index contributed by atoms with van der Waals surface area (Å²) in [5.74, 6) is -0.795. The zero-order valence-electron chi connectivity index (χ0n) is 9.83. The summed E-state index contributed by atoms with van der Waals surface area (Å²) in [5.41, 5.74) is 6.57. The molecule has 0 fully saturated rings. The molecule has 0 aromatic carbocycles. The van der Waals surface area contributed by atoms with Gasteiger partial charge in [0, 0.05) is 12.1 Å². The molecule has 0 aromatic rings. The maximum absolute atomic E-state index is 13.3. The Balaban J connectivity index is 2.65. The number of carbonyl (C=O) groups excluding carboxylic acids is 2.